The van der Waals surface area contributed by atoms with Crippen LogP contribution < -0.4 is 10.2 Å². The van der Waals surface area contributed by atoms with Crippen molar-refractivity contribution in [3.05, 3.63) is 30.1 Å². The van der Waals surface area contributed by atoms with Crippen LogP contribution in [0.4, 0.5) is 14.9 Å². The quantitative estimate of drug-likeness (QED) is 0.791. The maximum absolute atomic E-state index is 13.0. The molecule has 0 spiro atoms. The topological polar surface area (TPSA) is 52.7 Å². The summed E-state index contributed by atoms with van der Waals surface area (Å²) in [6.45, 7) is 1.14. The number of hydrogen-bond donors (Lipinski definition) is 1. The van der Waals surface area contributed by atoms with Gasteiger partial charge in [-0.2, -0.15) is 0 Å². The summed E-state index contributed by atoms with van der Waals surface area (Å²) < 4.78 is 13.0. The number of nitrogens with one attached hydrogen (secondary N) is 1. The molecule has 0 aromatic heterocycles. The third-order valence-electron chi connectivity index (χ3n) is 3.59. The summed E-state index contributed by atoms with van der Waals surface area (Å²) in [5, 5.41) is 2.82. The molecule has 1 N–H and O–H groups in total. The Balaban J connectivity index is 1.96. The normalized spacial score (nSPS) is 17.4. The molecule has 0 bridgehead atoms. The van der Waals surface area contributed by atoms with Crippen molar-refractivity contribution in [3.8, 4) is 0 Å². The predicted octanol–water partition coefficient (Wildman–Crippen LogP) is 2.42. The molecule has 126 valence electrons. The first kappa shape index (κ1) is 17.8. The molecule has 1 fully saturated rings. The number of nitrogens with zero attached hydrogens (tertiary/aromatic N) is 2. The monoisotopic (exact) mass is 361 g/mol. The lowest BCUT2D eigenvalue weighted by molar-refractivity contribution is -0.117. The van der Waals surface area contributed by atoms with Gasteiger partial charge >= 0.3 is 6.03 Å². The van der Waals surface area contributed by atoms with Gasteiger partial charge in [0.15, 0.2) is 0 Å². The average Bonchev–Trinajstić information content (AvgIpc) is 2.88. The van der Waals surface area contributed by atoms with Crippen LogP contribution in [0.5, 0.6) is 0 Å². The largest absolute Gasteiger partial charge is 0.333 e. The minimum Gasteiger partial charge on any atom is -0.333 e. The maximum Gasteiger partial charge on any atom is 0.317 e. The van der Waals surface area contributed by atoms with E-state index in [9.17, 15) is 14.0 Å². The van der Waals surface area contributed by atoms with E-state index in [2.05, 4.69) is 5.32 Å². The lowest BCUT2D eigenvalue weighted by Gasteiger charge is -2.23. The number of carbonyl (C=O) groups is 2. The van der Waals surface area contributed by atoms with Gasteiger partial charge in [-0.05, 0) is 24.3 Å². The van der Waals surface area contributed by atoms with Crippen LogP contribution in [-0.4, -0.2) is 54.3 Å². The number of benzene rings is 1. The Bertz CT molecular complexity index is 550. The van der Waals surface area contributed by atoms with Crippen molar-refractivity contribution >= 4 is 40.8 Å². The molecule has 1 aromatic carbocycles. The van der Waals surface area contributed by atoms with Crippen LogP contribution >= 0.6 is 23.2 Å². The second-order valence-corrected chi connectivity index (χ2v) is 5.95. The summed E-state index contributed by atoms with van der Waals surface area (Å²) in [6, 6.07) is 5.11. The third-order valence-corrected chi connectivity index (χ3v) is 3.93. The van der Waals surface area contributed by atoms with Gasteiger partial charge in [0.25, 0.3) is 0 Å². The minimum atomic E-state index is -0.358. The standard InChI is InChI=1S/C15H18Cl2FN3O2/c16-5-7-20(8-6-17)15(23)19-12-9-14(22)21(10-12)13-3-1-11(18)2-4-13/h1-4,12H,5-10H2,(H,19,23). The molecule has 0 aliphatic carbocycles. The van der Waals surface area contributed by atoms with Crippen molar-refractivity contribution in [2.45, 2.75) is 12.5 Å². The summed E-state index contributed by atoms with van der Waals surface area (Å²) in [6.07, 6.45) is 0.207. The smallest absolute Gasteiger partial charge is 0.317 e. The molecule has 8 heteroatoms. The fourth-order valence-electron chi connectivity index (χ4n) is 2.46. The maximum atomic E-state index is 13.0. The second-order valence-electron chi connectivity index (χ2n) is 5.20. The number of carbonyl (C=O) groups excluding carboxylic acids is 2. The van der Waals surface area contributed by atoms with Gasteiger partial charge in [0, 0.05) is 43.5 Å². The lowest BCUT2D eigenvalue weighted by atomic mass is 10.2. The Kier molecular flexibility index (Phi) is 6.47. The lowest BCUT2D eigenvalue weighted by Crippen LogP contribution is -2.47. The van der Waals surface area contributed by atoms with Gasteiger partial charge in [-0.3, -0.25) is 4.79 Å². The van der Waals surface area contributed by atoms with E-state index in [0.29, 0.717) is 37.1 Å². The highest BCUT2D eigenvalue weighted by Gasteiger charge is 2.32. The highest BCUT2D eigenvalue weighted by atomic mass is 35.5. The molecule has 0 radical (unpaired) electrons. The van der Waals surface area contributed by atoms with Crippen molar-refractivity contribution in [1.82, 2.24) is 10.2 Å². The summed E-state index contributed by atoms with van der Waals surface area (Å²) >= 11 is 11.3. The van der Waals surface area contributed by atoms with Crippen LogP contribution in [0.3, 0.4) is 0 Å². The molecular formula is C15H18Cl2FN3O2. The van der Waals surface area contributed by atoms with Gasteiger partial charge in [0.1, 0.15) is 5.82 Å². The van der Waals surface area contributed by atoms with Crippen LogP contribution in [0, 0.1) is 5.82 Å². The number of urea groups is 1. The molecule has 1 aliphatic heterocycles. The van der Waals surface area contributed by atoms with E-state index < -0.39 is 0 Å². The zero-order valence-corrected chi connectivity index (χ0v) is 14.0. The molecular weight excluding hydrogens is 344 g/mol. The van der Waals surface area contributed by atoms with E-state index >= 15 is 0 Å². The van der Waals surface area contributed by atoms with E-state index in [0.717, 1.165) is 0 Å². The Morgan fingerprint density at radius 3 is 2.43 bits per heavy atom. The first-order valence-corrected chi connectivity index (χ1v) is 8.35. The van der Waals surface area contributed by atoms with Crippen molar-refractivity contribution in [2.24, 2.45) is 0 Å². The van der Waals surface area contributed by atoms with Crippen LogP contribution in [0.15, 0.2) is 24.3 Å². The number of rotatable bonds is 6. The third kappa shape index (κ3) is 4.72. The van der Waals surface area contributed by atoms with Crippen LogP contribution in [0.1, 0.15) is 6.42 Å². The van der Waals surface area contributed by atoms with E-state index in [1.54, 1.807) is 12.1 Å². The molecule has 1 saturated heterocycles. The molecule has 1 atom stereocenters. The van der Waals surface area contributed by atoms with Gasteiger partial charge in [0.05, 0.1) is 6.04 Å². The highest BCUT2D eigenvalue weighted by Crippen LogP contribution is 2.21. The Hall–Kier alpha value is -1.53. The van der Waals surface area contributed by atoms with Crippen molar-refractivity contribution < 1.29 is 14.0 Å². The van der Waals surface area contributed by atoms with Crippen molar-refractivity contribution in [3.63, 3.8) is 0 Å². The van der Waals surface area contributed by atoms with Gasteiger partial charge in [0.2, 0.25) is 5.91 Å². The van der Waals surface area contributed by atoms with E-state index in [-0.39, 0.29) is 30.2 Å². The fourth-order valence-corrected chi connectivity index (χ4v) is 2.87. The van der Waals surface area contributed by atoms with Gasteiger partial charge in [-0.25, -0.2) is 9.18 Å². The first-order chi connectivity index (χ1) is 11.0. The SMILES string of the molecule is O=C(NC1CC(=O)N(c2ccc(F)cc2)C1)N(CCCl)CCCl. The molecule has 2 rings (SSSR count). The Labute approximate surface area is 144 Å². The van der Waals surface area contributed by atoms with E-state index in [1.165, 1.54) is 21.9 Å². The predicted molar refractivity (Wildman–Crippen MR) is 88.7 cm³/mol. The van der Waals surface area contributed by atoms with Crippen LogP contribution in [-0.2, 0) is 4.79 Å². The Morgan fingerprint density at radius 1 is 1.26 bits per heavy atom. The van der Waals surface area contributed by atoms with Gasteiger partial charge < -0.3 is 15.1 Å². The molecule has 3 amide bonds. The molecule has 23 heavy (non-hydrogen) atoms. The number of amides is 3. The van der Waals surface area contributed by atoms with E-state index in [1.807, 2.05) is 0 Å². The number of anilines is 1. The number of alkyl halides is 2. The Morgan fingerprint density at radius 2 is 1.87 bits per heavy atom. The zero-order valence-electron chi connectivity index (χ0n) is 12.5. The highest BCUT2D eigenvalue weighted by molar-refractivity contribution is 6.18. The first-order valence-electron chi connectivity index (χ1n) is 7.28. The molecule has 1 aromatic rings. The summed E-state index contributed by atoms with van der Waals surface area (Å²) in [7, 11) is 0. The van der Waals surface area contributed by atoms with Gasteiger partial charge in [-0.15, -0.1) is 23.2 Å². The molecule has 1 aliphatic rings. The minimum absolute atomic E-state index is 0.108. The summed E-state index contributed by atoms with van der Waals surface area (Å²) in [4.78, 5) is 27.3. The van der Waals surface area contributed by atoms with Gasteiger partial charge in [-0.1, -0.05) is 0 Å². The van der Waals surface area contributed by atoms with Crippen LogP contribution in [0.2, 0.25) is 0 Å². The molecule has 1 unspecified atom stereocenters. The number of halogens is 3. The number of hydrogen-bond acceptors (Lipinski definition) is 2. The molecule has 1 heterocycles. The summed E-state index contributed by atoms with van der Waals surface area (Å²) in [5.74, 6) is 0.164. The van der Waals surface area contributed by atoms with E-state index in [4.69, 9.17) is 23.2 Å². The van der Waals surface area contributed by atoms with Crippen molar-refractivity contribution in [1.29, 1.82) is 0 Å². The zero-order chi connectivity index (χ0) is 16.8. The fraction of sp³-hybridized carbons (Fsp3) is 0.467. The summed E-state index contributed by atoms with van der Waals surface area (Å²) in [5.41, 5.74) is 0.617. The second kappa shape index (κ2) is 8.36. The van der Waals surface area contributed by atoms with Crippen LogP contribution in [0.25, 0.3) is 0 Å². The average molecular weight is 362 g/mol. The molecule has 0 saturated carbocycles. The molecule has 5 nitrogen and oxygen atoms in total. The van der Waals surface area contributed by atoms with Crippen molar-refractivity contribution in [2.75, 3.05) is 36.3 Å².